The van der Waals surface area contributed by atoms with Crippen LogP contribution in [0.2, 0.25) is 0 Å². The van der Waals surface area contributed by atoms with Crippen LogP contribution in [0.5, 0.6) is 0 Å². The lowest BCUT2D eigenvalue weighted by atomic mass is 9.89. The Morgan fingerprint density at radius 3 is 2.29 bits per heavy atom. The van der Waals surface area contributed by atoms with E-state index in [0.717, 1.165) is 30.2 Å². The molecule has 0 radical (unpaired) electrons. The van der Waals surface area contributed by atoms with Crippen molar-refractivity contribution in [1.29, 1.82) is 5.26 Å². The summed E-state index contributed by atoms with van der Waals surface area (Å²) < 4.78 is 0.760. The van der Waals surface area contributed by atoms with Gasteiger partial charge in [0.05, 0.1) is 17.2 Å². The first kappa shape index (κ1) is 14.3. The van der Waals surface area contributed by atoms with Crippen LogP contribution in [0.3, 0.4) is 0 Å². The normalized spacial score (nSPS) is 20.9. The monoisotopic (exact) mass is 346 g/mol. The predicted octanol–water partition coefficient (Wildman–Crippen LogP) is 3.66. The van der Waals surface area contributed by atoms with Gasteiger partial charge in [0.2, 0.25) is 0 Å². The van der Waals surface area contributed by atoms with Gasteiger partial charge >= 0.3 is 0 Å². The van der Waals surface area contributed by atoms with Crippen molar-refractivity contribution >= 4 is 27.7 Å². The molecule has 108 valence electrons. The lowest BCUT2D eigenvalue weighted by molar-refractivity contribution is 0.0484. The number of nitrogens with zero attached hydrogens (tertiary/aromatic N) is 2. The number of benzene rings is 1. The van der Waals surface area contributed by atoms with E-state index in [4.69, 9.17) is 0 Å². The summed E-state index contributed by atoms with van der Waals surface area (Å²) in [4.78, 5) is 26.5. The highest BCUT2D eigenvalue weighted by molar-refractivity contribution is 9.10. The third kappa shape index (κ3) is 2.18. The van der Waals surface area contributed by atoms with Gasteiger partial charge in [0.25, 0.3) is 11.8 Å². The molecule has 1 aromatic rings. The first-order chi connectivity index (χ1) is 10.1. The number of halogens is 1. The topological polar surface area (TPSA) is 61.2 Å². The van der Waals surface area contributed by atoms with Crippen molar-refractivity contribution in [3.8, 4) is 6.07 Å². The van der Waals surface area contributed by atoms with Gasteiger partial charge in [0.15, 0.2) is 0 Å². The van der Waals surface area contributed by atoms with E-state index >= 15 is 0 Å². The number of amides is 2. The van der Waals surface area contributed by atoms with Gasteiger partial charge in [-0.3, -0.25) is 14.5 Å². The lowest BCUT2D eigenvalue weighted by Gasteiger charge is -2.33. The van der Waals surface area contributed by atoms with Crippen LogP contribution in [0.1, 0.15) is 59.2 Å². The standard InChI is InChI=1S/C16H15BrN2O2/c17-11-5-6-12-13(9-11)15(21)19(14(12)20)16(10-18)7-3-1-2-4-8-16/h5-6,9H,1-4,7-8H2. The minimum Gasteiger partial charge on any atom is -0.269 e. The van der Waals surface area contributed by atoms with Crippen molar-refractivity contribution in [2.24, 2.45) is 0 Å². The Morgan fingerprint density at radius 1 is 1.05 bits per heavy atom. The van der Waals surface area contributed by atoms with Gasteiger partial charge in [0.1, 0.15) is 5.54 Å². The average molecular weight is 347 g/mol. The Morgan fingerprint density at radius 2 is 1.67 bits per heavy atom. The SMILES string of the molecule is N#CC1(N2C(=O)c3ccc(Br)cc3C2=O)CCCCCC1. The molecule has 0 saturated heterocycles. The Hall–Kier alpha value is -1.67. The minimum absolute atomic E-state index is 0.328. The summed E-state index contributed by atoms with van der Waals surface area (Å²) >= 11 is 3.32. The van der Waals surface area contributed by atoms with Crippen LogP contribution in [0.25, 0.3) is 0 Å². The van der Waals surface area contributed by atoms with E-state index in [9.17, 15) is 14.9 Å². The molecule has 21 heavy (non-hydrogen) atoms. The highest BCUT2D eigenvalue weighted by Crippen LogP contribution is 2.38. The molecule has 1 aromatic carbocycles. The van der Waals surface area contributed by atoms with Crippen molar-refractivity contribution in [2.75, 3.05) is 0 Å². The van der Waals surface area contributed by atoms with Gasteiger partial charge in [-0.25, -0.2) is 0 Å². The van der Waals surface area contributed by atoms with E-state index in [2.05, 4.69) is 22.0 Å². The molecule has 0 N–H and O–H groups in total. The van der Waals surface area contributed by atoms with Crippen molar-refractivity contribution in [3.63, 3.8) is 0 Å². The fourth-order valence-electron chi connectivity index (χ4n) is 3.30. The van der Waals surface area contributed by atoms with E-state index in [-0.39, 0.29) is 11.8 Å². The second-order valence-corrected chi connectivity index (χ2v) is 6.61. The van der Waals surface area contributed by atoms with Crippen LogP contribution in [0.15, 0.2) is 22.7 Å². The van der Waals surface area contributed by atoms with Crippen LogP contribution < -0.4 is 0 Å². The highest BCUT2D eigenvalue weighted by atomic mass is 79.9. The molecule has 1 aliphatic heterocycles. The summed E-state index contributed by atoms with van der Waals surface area (Å²) in [5.41, 5.74) is -0.175. The van der Waals surface area contributed by atoms with Gasteiger partial charge < -0.3 is 0 Å². The van der Waals surface area contributed by atoms with Crippen molar-refractivity contribution in [1.82, 2.24) is 4.90 Å². The van der Waals surface area contributed by atoms with E-state index in [0.29, 0.717) is 24.0 Å². The summed E-state index contributed by atoms with van der Waals surface area (Å²) in [5.74, 6) is -0.661. The first-order valence-corrected chi connectivity index (χ1v) is 7.98. The summed E-state index contributed by atoms with van der Waals surface area (Å²) in [7, 11) is 0. The second kappa shape index (κ2) is 5.27. The molecule has 3 rings (SSSR count). The molecule has 5 heteroatoms. The molecular weight excluding hydrogens is 332 g/mol. The second-order valence-electron chi connectivity index (χ2n) is 5.69. The summed E-state index contributed by atoms with van der Waals surface area (Å²) in [6, 6.07) is 7.35. The van der Waals surface area contributed by atoms with E-state index in [1.54, 1.807) is 18.2 Å². The molecule has 0 bridgehead atoms. The molecular formula is C16H15BrN2O2. The molecule has 2 amide bonds. The van der Waals surface area contributed by atoms with Gasteiger partial charge in [-0.05, 0) is 31.0 Å². The van der Waals surface area contributed by atoms with Crippen LogP contribution in [0.4, 0.5) is 0 Å². The molecule has 1 aliphatic carbocycles. The average Bonchev–Trinajstić information content (AvgIpc) is 2.66. The number of hydrogen-bond acceptors (Lipinski definition) is 3. The molecule has 0 aromatic heterocycles. The van der Waals surface area contributed by atoms with Crippen molar-refractivity contribution < 1.29 is 9.59 Å². The third-order valence-corrected chi connectivity index (χ3v) is 4.91. The maximum Gasteiger partial charge on any atom is 0.262 e. The Bertz CT molecular complexity index is 655. The van der Waals surface area contributed by atoms with Crippen molar-refractivity contribution in [2.45, 2.75) is 44.1 Å². The van der Waals surface area contributed by atoms with Gasteiger partial charge in [-0.1, -0.05) is 41.6 Å². The number of rotatable bonds is 1. The summed E-state index contributed by atoms with van der Waals surface area (Å²) in [6.07, 6.45) is 5.03. The van der Waals surface area contributed by atoms with Crippen molar-refractivity contribution in [3.05, 3.63) is 33.8 Å². The number of hydrogen-bond donors (Lipinski definition) is 0. The largest absolute Gasteiger partial charge is 0.269 e. The molecule has 1 fully saturated rings. The molecule has 4 nitrogen and oxygen atoms in total. The molecule has 2 aliphatic rings. The summed E-state index contributed by atoms with van der Waals surface area (Å²) in [6.45, 7) is 0. The molecule has 0 spiro atoms. The smallest absolute Gasteiger partial charge is 0.262 e. The first-order valence-electron chi connectivity index (χ1n) is 7.19. The van der Waals surface area contributed by atoms with Crippen LogP contribution in [-0.4, -0.2) is 22.3 Å². The maximum atomic E-state index is 12.7. The highest BCUT2D eigenvalue weighted by Gasteiger charge is 2.49. The predicted molar refractivity (Wildman–Crippen MR) is 80.7 cm³/mol. The third-order valence-electron chi connectivity index (χ3n) is 4.42. The van der Waals surface area contributed by atoms with Crippen LogP contribution in [-0.2, 0) is 0 Å². The van der Waals surface area contributed by atoms with Gasteiger partial charge in [0, 0.05) is 4.47 Å². The fraction of sp³-hybridized carbons (Fsp3) is 0.438. The lowest BCUT2D eigenvalue weighted by Crippen LogP contribution is -2.50. The molecule has 1 saturated carbocycles. The zero-order valence-electron chi connectivity index (χ0n) is 11.6. The van der Waals surface area contributed by atoms with Crippen LogP contribution >= 0.6 is 15.9 Å². The maximum absolute atomic E-state index is 12.7. The summed E-state index contributed by atoms with van der Waals surface area (Å²) in [5, 5.41) is 9.69. The van der Waals surface area contributed by atoms with Crippen LogP contribution in [0, 0.1) is 11.3 Å². The van der Waals surface area contributed by atoms with E-state index < -0.39 is 5.54 Å². The molecule has 0 unspecified atom stereocenters. The number of carbonyl (C=O) groups excluding carboxylic acids is 2. The van der Waals surface area contributed by atoms with Gasteiger partial charge in [-0.15, -0.1) is 0 Å². The van der Waals surface area contributed by atoms with E-state index in [1.807, 2.05) is 0 Å². The Balaban J connectivity index is 2.06. The fourth-order valence-corrected chi connectivity index (χ4v) is 3.66. The zero-order chi connectivity index (χ0) is 15.0. The quantitative estimate of drug-likeness (QED) is 0.575. The number of carbonyl (C=O) groups is 2. The number of nitriles is 1. The minimum atomic E-state index is -0.976. The molecule has 0 atom stereocenters. The molecule has 1 heterocycles. The Labute approximate surface area is 131 Å². The zero-order valence-corrected chi connectivity index (χ0v) is 13.1. The Kier molecular flexibility index (Phi) is 3.58. The van der Waals surface area contributed by atoms with Gasteiger partial charge in [-0.2, -0.15) is 5.26 Å². The van der Waals surface area contributed by atoms with E-state index in [1.165, 1.54) is 4.90 Å². The number of imide groups is 1. The number of fused-ring (bicyclic) bond motifs is 1.